The van der Waals surface area contributed by atoms with E-state index in [2.05, 4.69) is 6.58 Å². The molecular formula is C15H22N2O4. The first-order valence-electron chi connectivity index (χ1n) is 6.82. The molecule has 1 heterocycles. The number of esters is 1. The Morgan fingerprint density at radius 2 is 2.19 bits per heavy atom. The van der Waals surface area contributed by atoms with Crippen LogP contribution in [0.4, 0.5) is 0 Å². The molecule has 1 amide bonds. The fourth-order valence-electron chi connectivity index (χ4n) is 1.79. The van der Waals surface area contributed by atoms with Gasteiger partial charge in [-0.05, 0) is 19.1 Å². The number of hydrogen-bond acceptors (Lipinski definition) is 5. The van der Waals surface area contributed by atoms with Crippen molar-refractivity contribution in [3.8, 4) is 0 Å². The Bertz CT molecular complexity index is 456. The summed E-state index contributed by atoms with van der Waals surface area (Å²) in [7, 11) is 1.70. The zero-order valence-electron chi connectivity index (χ0n) is 12.6. The third kappa shape index (κ3) is 6.27. The van der Waals surface area contributed by atoms with Gasteiger partial charge in [-0.2, -0.15) is 0 Å². The Balaban J connectivity index is 2.50. The van der Waals surface area contributed by atoms with E-state index in [0.717, 1.165) is 0 Å². The zero-order chi connectivity index (χ0) is 15.7. The number of amides is 1. The maximum absolute atomic E-state index is 12.2. The summed E-state index contributed by atoms with van der Waals surface area (Å²) >= 11 is 0. The van der Waals surface area contributed by atoms with Crippen LogP contribution in [0, 0.1) is 0 Å². The highest BCUT2D eigenvalue weighted by atomic mass is 16.5. The number of rotatable bonds is 9. The molecule has 0 atom stereocenters. The second-order valence-electron chi connectivity index (χ2n) is 4.59. The maximum atomic E-state index is 12.2. The molecule has 1 rings (SSSR count). The first-order chi connectivity index (χ1) is 10.1. The SMILES string of the molecule is C=CCN(CC(=O)OCC)CC(=O)N(C)Cc1ccco1. The fourth-order valence-corrected chi connectivity index (χ4v) is 1.79. The summed E-state index contributed by atoms with van der Waals surface area (Å²) in [6.45, 7) is 6.74. The van der Waals surface area contributed by atoms with Gasteiger partial charge in [0.25, 0.3) is 0 Å². The predicted octanol–water partition coefficient (Wildman–Crippen LogP) is 1.29. The van der Waals surface area contributed by atoms with Crippen LogP contribution in [-0.4, -0.2) is 55.0 Å². The van der Waals surface area contributed by atoms with E-state index in [1.54, 1.807) is 42.2 Å². The van der Waals surface area contributed by atoms with Crippen molar-refractivity contribution in [1.82, 2.24) is 9.80 Å². The van der Waals surface area contributed by atoms with E-state index in [0.29, 0.717) is 25.5 Å². The summed E-state index contributed by atoms with van der Waals surface area (Å²) in [6.07, 6.45) is 3.22. The summed E-state index contributed by atoms with van der Waals surface area (Å²) < 4.78 is 10.1. The zero-order valence-corrected chi connectivity index (χ0v) is 12.6. The smallest absolute Gasteiger partial charge is 0.320 e. The van der Waals surface area contributed by atoms with Crippen LogP contribution in [0.3, 0.4) is 0 Å². The van der Waals surface area contributed by atoms with Gasteiger partial charge < -0.3 is 14.1 Å². The third-order valence-electron chi connectivity index (χ3n) is 2.80. The van der Waals surface area contributed by atoms with Crippen molar-refractivity contribution >= 4 is 11.9 Å². The monoisotopic (exact) mass is 294 g/mol. The first kappa shape index (κ1) is 17.0. The first-order valence-corrected chi connectivity index (χ1v) is 6.82. The Labute approximate surface area is 125 Å². The van der Waals surface area contributed by atoms with E-state index in [1.807, 2.05) is 6.07 Å². The number of likely N-dealkylation sites (N-methyl/N-ethyl adjacent to an activating group) is 1. The van der Waals surface area contributed by atoms with Gasteiger partial charge in [-0.15, -0.1) is 6.58 Å². The van der Waals surface area contributed by atoms with Crippen molar-refractivity contribution in [3.05, 3.63) is 36.8 Å². The van der Waals surface area contributed by atoms with Gasteiger partial charge >= 0.3 is 5.97 Å². The molecule has 1 aromatic rings. The number of ether oxygens (including phenoxy) is 1. The normalized spacial score (nSPS) is 10.4. The van der Waals surface area contributed by atoms with E-state index in [4.69, 9.17) is 9.15 Å². The van der Waals surface area contributed by atoms with E-state index < -0.39 is 0 Å². The minimum absolute atomic E-state index is 0.0696. The largest absolute Gasteiger partial charge is 0.467 e. The average molecular weight is 294 g/mol. The molecule has 116 valence electrons. The minimum Gasteiger partial charge on any atom is -0.467 e. The number of nitrogens with zero attached hydrogens (tertiary/aromatic N) is 2. The Morgan fingerprint density at radius 3 is 2.76 bits per heavy atom. The van der Waals surface area contributed by atoms with E-state index in [9.17, 15) is 9.59 Å². The van der Waals surface area contributed by atoms with Crippen molar-refractivity contribution in [1.29, 1.82) is 0 Å². The van der Waals surface area contributed by atoms with E-state index in [1.165, 1.54) is 0 Å². The van der Waals surface area contributed by atoms with E-state index >= 15 is 0 Å². The highest BCUT2D eigenvalue weighted by molar-refractivity contribution is 5.79. The molecule has 0 fully saturated rings. The fraction of sp³-hybridized carbons (Fsp3) is 0.467. The standard InChI is InChI=1S/C15H22N2O4/c1-4-8-17(12-15(19)20-5-2)11-14(18)16(3)10-13-7-6-9-21-13/h4,6-7,9H,1,5,8,10-12H2,2-3H3. The lowest BCUT2D eigenvalue weighted by Gasteiger charge is -2.22. The summed E-state index contributed by atoms with van der Waals surface area (Å²) in [5.41, 5.74) is 0. The summed E-state index contributed by atoms with van der Waals surface area (Å²) in [6, 6.07) is 3.59. The minimum atomic E-state index is -0.346. The van der Waals surface area contributed by atoms with Gasteiger partial charge in [0.05, 0.1) is 32.5 Å². The lowest BCUT2D eigenvalue weighted by molar-refractivity contribution is -0.145. The van der Waals surface area contributed by atoms with Crippen molar-refractivity contribution in [2.75, 3.05) is 33.3 Å². The Kier molecular flexibility index (Phi) is 7.25. The third-order valence-corrected chi connectivity index (χ3v) is 2.80. The number of hydrogen-bond donors (Lipinski definition) is 0. The second-order valence-corrected chi connectivity index (χ2v) is 4.59. The molecule has 0 aliphatic rings. The topological polar surface area (TPSA) is 63.0 Å². The average Bonchev–Trinajstić information content (AvgIpc) is 2.91. The molecule has 0 saturated heterocycles. The molecular weight excluding hydrogens is 272 g/mol. The number of furan rings is 1. The molecule has 0 aromatic carbocycles. The summed E-state index contributed by atoms with van der Waals surface area (Å²) in [5, 5.41) is 0. The summed E-state index contributed by atoms with van der Waals surface area (Å²) in [4.78, 5) is 26.9. The molecule has 1 aromatic heterocycles. The molecule has 0 radical (unpaired) electrons. The van der Waals surface area contributed by atoms with Crippen LogP contribution in [0.5, 0.6) is 0 Å². The predicted molar refractivity (Wildman–Crippen MR) is 78.5 cm³/mol. The molecule has 6 heteroatoms. The molecule has 0 unspecified atom stereocenters. The molecule has 0 aliphatic heterocycles. The maximum Gasteiger partial charge on any atom is 0.320 e. The quantitative estimate of drug-likeness (QED) is 0.507. The van der Waals surface area contributed by atoms with Crippen LogP contribution in [0.1, 0.15) is 12.7 Å². The van der Waals surface area contributed by atoms with Crippen molar-refractivity contribution in [2.45, 2.75) is 13.5 Å². The second kappa shape index (κ2) is 8.97. The van der Waals surface area contributed by atoms with Crippen LogP contribution >= 0.6 is 0 Å². The Morgan fingerprint density at radius 1 is 1.43 bits per heavy atom. The van der Waals surface area contributed by atoms with Gasteiger partial charge in [-0.3, -0.25) is 14.5 Å². The van der Waals surface area contributed by atoms with Gasteiger partial charge in [0.15, 0.2) is 0 Å². The highest BCUT2D eigenvalue weighted by Crippen LogP contribution is 2.04. The van der Waals surface area contributed by atoms with Crippen molar-refractivity contribution < 1.29 is 18.7 Å². The number of carbonyl (C=O) groups is 2. The van der Waals surface area contributed by atoms with Crippen molar-refractivity contribution in [3.63, 3.8) is 0 Å². The van der Waals surface area contributed by atoms with Gasteiger partial charge in [-0.1, -0.05) is 6.08 Å². The van der Waals surface area contributed by atoms with Gasteiger partial charge in [0.2, 0.25) is 5.91 Å². The van der Waals surface area contributed by atoms with Crippen LogP contribution < -0.4 is 0 Å². The summed E-state index contributed by atoms with van der Waals surface area (Å²) in [5.74, 6) is 0.268. The van der Waals surface area contributed by atoms with Gasteiger partial charge in [0, 0.05) is 13.6 Å². The Hall–Kier alpha value is -2.08. The molecule has 21 heavy (non-hydrogen) atoms. The van der Waals surface area contributed by atoms with Crippen molar-refractivity contribution in [2.24, 2.45) is 0 Å². The van der Waals surface area contributed by atoms with Crippen LogP contribution in [0.25, 0.3) is 0 Å². The van der Waals surface area contributed by atoms with E-state index in [-0.39, 0.29) is 25.0 Å². The molecule has 0 N–H and O–H groups in total. The molecule has 0 saturated carbocycles. The molecule has 0 bridgehead atoms. The lowest BCUT2D eigenvalue weighted by Crippen LogP contribution is -2.40. The molecule has 0 aliphatic carbocycles. The van der Waals surface area contributed by atoms with Gasteiger partial charge in [0.1, 0.15) is 5.76 Å². The van der Waals surface area contributed by atoms with Crippen LogP contribution in [0.2, 0.25) is 0 Å². The lowest BCUT2D eigenvalue weighted by atomic mass is 10.3. The van der Waals surface area contributed by atoms with Gasteiger partial charge in [-0.25, -0.2) is 0 Å². The molecule has 6 nitrogen and oxygen atoms in total. The van der Waals surface area contributed by atoms with Crippen LogP contribution in [0.15, 0.2) is 35.5 Å². The van der Waals surface area contributed by atoms with Crippen LogP contribution in [-0.2, 0) is 20.9 Å². The molecule has 0 spiro atoms. The highest BCUT2D eigenvalue weighted by Gasteiger charge is 2.17. The number of carbonyl (C=O) groups excluding carboxylic acids is 2.